The molecule has 1 aliphatic carbocycles. The van der Waals surface area contributed by atoms with Gasteiger partial charge in [0.15, 0.2) is 0 Å². The molecule has 0 aromatic carbocycles. The van der Waals surface area contributed by atoms with Gasteiger partial charge in [-0.1, -0.05) is 25.7 Å². The molecule has 5 heteroatoms. The molecule has 1 saturated carbocycles. The average molecular weight is 296 g/mol. The highest BCUT2D eigenvalue weighted by atomic mass is 16.4. The van der Waals surface area contributed by atoms with Crippen LogP contribution in [-0.4, -0.2) is 48.1 Å². The predicted molar refractivity (Wildman–Crippen MR) is 81.0 cm³/mol. The Bertz CT molecular complexity index is 351. The second kappa shape index (κ2) is 8.37. The molecule has 2 unspecified atom stereocenters. The van der Waals surface area contributed by atoms with Crippen molar-refractivity contribution in [2.75, 3.05) is 26.2 Å². The molecule has 120 valence electrons. The Morgan fingerprint density at radius 2 is 1.57 bits per heavy atom. The standard InChI is InChI=1S/C16H28N2O3/c19-15(13-7-3-4-8-14(13)16(20)21)17-9-12-18-10-5-1-2-6-11-18/h13-14H,1-12H2,(H,17,19)(H,20,21). The highest BCUT2D eigenvalue weighted by Gasteiger charge is 2.35. The SMILES string of the molecule is O=C(O)C1CCCCC1C(=O)NCCN1CCCCCC1. The van der Waals surface area contributed by atoms with Crippen molar-refractivity contribution in [2.24, 2.45) is 11.8 Å². The number of hydrogen-bond donors (Lipinski definition) is 2. The van der Waals surface area contributed by atoms with Gasteiger partial charge < -0.3 is 15.3 Å². The van der Waals surface area contributed by atoms with E-state index in [2.05, 4.69) is 10.2 Å². The Morgan fingerprint density at radius 1 is 0.952 bits per heavy atom. The van der Waals surface area contributed by atoms with Crippen molar-refractivity contribution in [1.29, 1.82) is 0 Å². The molecule has 21 heavy (non-hydrogen) atoms. The Labute approximate surface area is 127 Å². The number of nitrogens with zero attached hydrogens (tertiary/aromatic N) is 1. The number of likely N-dealkylation sites (tertiary alicyclic amines) is 1. The van der Waals surface area contributed by atoms with Crippen LogP contribution < -0.4 is 5.32 Å². The normalized spacial score (nSPS) is 27.8. The van der Waals surface area contributed by atoms with Gasteiger partial charge in [0, 0.05) is 13.1 Å². The van der Waals surface area contributed by atoms with Crippen LogP contribution in [-0.2, 0) is 9.59 Å². The van der Waals surface area contributed by atoms with E-state index >= 15 is 0 Å². The van der Waals surface area contributed by atoms with Crippen LogP contribution in [0.1, 0.15) is 51.4 Å². The van der Waals surface area contributed by atoms with Gasteiger partial charge in [0.1, 0.15) is 0 Å². The molecule has 2 atom stereocenters. The molecule has 2 fully saturated rings. The lowest BCUT2D eigenvalue weighted by atomic mass is 9.79. The number of carboxylic acid groups (broad SMARTS) is 1. The van der Waals surface area contributed by atoms with Crippen LogP contribution in [0.25, 0.3) is 0 Å². The molecule has 1 heterocycles. The van der Waals surface area contributed by atoms with Crippen molar-refractivity contribution >= 4 is 11.9 Å². The zero-order chi connectivity index (χ0) is 15.1. The summed E-state index contributed by atoms with van der Waals surface area (Å²) in [6.07, 6.45) is 8.36. The smallest absolute Gasteiger partial charge is 0.307 e. The number of hydrogen-bond acceptors (Lipinski definition) is 3. The van der Waals surface area contributed by atoms with Crippen molar-refractivity contribution in [3.05, 3.63) is 0 Å². The van der Waals surface area contributed by atoms with E-state index in [4.69, 9.17) is 0 Å². The molecule has 1 saturated heterocycles. The maximum absolute atomic E-state index is 12.2. The minimum Gasteiger partial charge on any atom is -0.481 e. The van der Waals surface area contributed by atoms with Gasteiger partial charge in [-0.2, -0.15) is 0 Å². The van der Waals surface area contributed by atoms with Gasteiger partial charge in [-0.15, -0.1) is 0 Å². The summed E-state index contributed by atoms with van der Waals surface area (Å²) in [5.74, 6) is -1.70. The van der Waals surface area contributed by atoms with Gasteiger partial charge in [-0.05, 0) is 38.8 Å². The molecule has 0 aromatic rings. The van der Waals surface area contributed by atoms with Gasteiger partial charge in [0.25, 0.3) is 0 Å². The molecule has 1 amide bonds. The number of carbonyl (C=O) groups is 2. The molecule has 2 rings (SSSR count). The van der Waals surface area contributed by atoms with Crippen molar-refractivity contribution < 1.29 is 14.7 Å². The summed E-state index contributed by atoms with van der Waals surface area (Å²) in [6.45, 7) is 3.77. The lowest BCUT2D eigenvalue weighted by Crippen LogP contribution is -2.42. The average Bonchev–Trinajstić information content (AvgIpc) is 2.76. The van der Waals surface area contributed by atoms with E-state index in [9.17, 15) is 14.7 Å². The first-order chi connectivity index (χ1) is 10.2. The lowest BCUT2D eigenvalue weighted by Gasteiger charge is -2.28. The van der Waals surface area contributed by atoms with Gasteiger partial charge in [-0.25, -0.2) is 0 Å². The van der Waals surface area contributed by atoms with Gasteiger partial charge >= 0.3 is 5.97 Å². The molecule has 1 aliphatic heterocycles. The quantitative estimate of drug-likeness (QED) is 0.812. The fraction of sp³-hybridized carbons (Fsp3) is 0.875. The maximum atomic E-state index is 12.2. The van der Waals surface area contributed by atoms with Crippen LogP contribution in [0.15, 0.2) is 0 Å². The van der Waals surface area contributed by atoms with Crippen LogP contribution in [0.3, 0.4) is 0 Å². The molecular weight excluding hydrogens is 268 g/mol. The summed E-state index contributed by atoms with van der Waals surface area (Å²) in [5, 5.41) is 12.2. The van der Waals surface area contributed by atoms with Crippen molar-refractivity contribution in [3.8, 4) is 0 Å². The fourth-order valence-corrected chi connectivity index (χ4v) is 3.57. The van der Waals surface area contributed by atoms with Crippen LogP contribution >= 0.6 is 0 Å². The first kappa shape index (κ1) is 16.3. The third kappa shape index (κ3) is 4.99. The number of carbonyl (C=O) groups excluding carboxylic acids is 1. The summed E-state index contributed by atoms with van der Waals surface area (Å²) in [7, 11) is 0. The van der Waals surface area contributed by atoms with E-state index in [-0.39, 0.29) is 11.8 Å². The van der Waals surface area contributed by atoms with Crippen LogP contribution in [0, 0.1) is 11.8 Å². The second-order valence-electron chi connectivity index (χ2n) is 6.38. The first-order valence-corrected chi connectivity index (χ1v) is 8.41. The van der Waals surface area contributed by atoms with E-state index in [1.54, 1.807) is 0 Å². The third-order valence-corrected chi connectivity index (χ3v) is 4.85. The van der Waals surface area contributed by atoms with E-state index in [0.29, 0.717) is 19.4 Å². The predicted octanol–water partition coefficient (Wildman–Crippen LogP) is 1.87. The second-order valence-corrected chi connectivity index (χ2v) is 6.38. The molecule has 2 aliphatic rings. The molecule has 0 radical (unpaired) electrons. The van der Waals surface area contributed by atoms with Crippen LogP contribution in [0.2, 0.25) is 0 Å². The van der Waals surface area contributed by atoms with Crippen LogP contribution in [0.4, 0.5) is 0 Å². The number of rotatable bonds is 5. The zero-order valence-corrected chi connectivity index (χ0v) is 12.9. The van der Waals surface area contributed by atoms with Gasteiger partial charge in [0.2, 0.25) is 5.91 Å². The highest BCUT2D eigenvalue weighted by molar-refractivity contribution is 5.84. The Balaban J connectivity index is 1.73. The van der Waals surface area contributed by atoms with Crippen molar-refractivity contribution in [2.45, 2.75) is 51.4 Å². The number of nitrogens with one attached hydrogen (secondary N) is 1. The summed E-state index contributed by atoms with van der Waals surface area (Å²) in [4.78, 5) is 25.9. The lowest BCUT2D eigenvalue weighted by molar-refractivity contribution is -0.148. The number of amides is 1. The van der Waals surface area contributed by atoms with E-state index < -0.39 is 11.9 Å². The summed E-state index contributed by atoms with van der Waals surface area (Å²) in [6, 6.07) is 0. The number of aliphatic carboxylic acids is 1. The summed E-state index contributed by atoms with van der Waals surface area (Å²) < 4.78 is 0. The minimum atomic E-state index is -0.817. The third-order valence-electron chi connectivity index (χ3n) is 4.85. The summed E-state index contributed by atoms with van der Waals surface area (Å²) >= 11 is 0. The molecule has 2 N–H and O–H groups in total. The monoisotopic (exact) mass is 296 g/mol. The van der Waals surface area contributed by atoms with Gasteiger partial charge in [-0.3, -0.25) is 9.59 Å². The van der Waals surface area contributed by atoms with Gasteiger partial charge in [0.05, 0.1) is 11.8 Å². The first-order valence-electron chi connectivity index (χ1n) is 8.41. The Hall–Kier alpha value is -1.10. The molecule has 5 nitrogen and oxygen atoms in total. The molecule has 0 aromatic heterocycles. The molecule has 0 bridgehead atoms. The van der Waals surface area contributed by atoms with Crippen LogP contribution in [0.5, 0.6) is 0 Å². The van der Waals surface area contributed by atoms with E-state index in [1.165, 1.54) is 25.7 Å². The van der Waals surface area contributed by atoms with E-state index in [1.807, 2.05) is 0 Å². The number of carboxylic acids is 1. The van der Waals surface area contributed by atoms with E-state index in [0.717, 1.165) is 32.5 Å². The summed E-state index contributed by atoms with van der Waals surface area (Å²) in [5.41, 5.74) is 0. The zero-order valence-electron chi connectivity index (χ0n) is 12.9. The fourth-order valence-electron chi connectivity index (χ4n) is 3.57. The molecular formula is C16H28N2O3. The van der Waals surface area contributed by atoms with Crippen molar-refractivity contribution in [3.63, 3.8) is 0 Å². The Morgan fingerprint density at radius 3 is 2.19 bits per heavy atom. The Kier molecular flexibility index (Phi) is 6.49. The van der Waals surface area contributed by atoms with Crippen molar-refractivity contribution in [1.82, 2.24) is 10.2 Å². The largest absolute Gasteiger partial charge is 0.481 e. The highest BCUT2D eigenvalue weighted by Crippen LogP contribution is 2.30. The topological polar surface area (TPSA) is 69.6 Å². The molecule has 0 spiro atoms. The minimum absolute atomic E-state index is 0.0584. The maximum Gasteiger partial charge on any atom is 0.307 e.